The minimum absolute atomic E-state index is 0.117. The number of hydrogen-bond donors (Lipinski definition) is 3. The number of halogens is 3. The summed E-state index contributed by atoms with van der Waals surface area (Å²) < 4.78 is 39.3. The van der Waals surface area contributed by atoms with Gasteiger partial charge in [0.05, 0.1) is 11.1 Å². The van der Waals surface area contributed by atoms with E-state index >= 15 is 0 Å². The van der Waals surface area contributed by atoms with E-state index in [4.69, 9.17) is 5.11 Å². The maximum absolute atomic E-state index is 12.7. The van der Waals surface area contributed by atoms with E-state index in [1.165, 1.54) is 11.3 Å². The highest BCUT2D eigenvalue weighted by Gasteiger charge is 2.34. The summed E-state index contributed by atoms with van der Waals surface area (Å²) in [7, 11) is 0. The lowest BCUT2D eigenvalue weighted by atomic mass is 10.1. The molecule has 1 unspecified atom stereocenters. The first-order valence-corrected chi connectivity index (χ1v) is 6.44. The van der Waals surface area contributed by atoms with E-state index in [-0.39, 0.29) is 16.4 Å². The number of carbonyl (C=O) groups excluding carboxylic acids is 1. The molecule has 1 aliphatic heterocycles. The highest BCUT2D eigenvalue weighted by atomic mass is 32.2. The van der Waals surface area contributed by atoms with Gasteiger partial charge in [0, 0.05) is 4.90 Å². The molecule has 10 heteroatoms. The molecule has 2 rings (SSSR count). The number of carboxylic acid groups (broad SMARTS) is 1. The van der Waals surface area contributed by atoms with Crippen molar-refractivity contribution in [2.75, 3.05) is 0 Å². The summed E-state index contributed by atoms with van der Waals surface area (Å²) in [6.07, 6.45) is -4.58. The van der Waals surface area contributed by atoms with Crippen molar-refractivity contribution in [1.29, 1.82) is 0 Å². The van der Waals surface area contributed by atoms with Crippen LogP contribution in [0.3, 0.4) is 0 Å². The molecule has 1 atom stereocenters. The van der Waals surface area contributed by atoms with Crippen molar-refractivity contribution in [1.82, 2.24) is 15.4 Å². The lowest BCUT2D eigenvalue weighted by Crippen LogP contribution is -2.33. The van der Waals surface area contributed by atoms with Gasteiger partial charge in [0.1, 0.15) is 6.04 Å². The molecule has 0 spiro atoms. The second-order valence-electron chi connectivity index (χ2n) is 4.21. The Morgan fingerprint density at radius 2 is 2.10 bits per heavy atom. The van der Waals surface area contributed by atoms with Gasteiger partial charge < -0.3 is 5.11 Å². The van der Waals surface area contributed by atoms with Crippen LogP contribution >= 0.6 is 11.9 Å². The van der Waals surface area contributed by atoms with Crippen molar-refractivity contribution in [2.45, 2.75) is 24.0 Å². The maximum atomic E-state index is 12.7. The van der Waals surface area contributed by atoms with Crippen molar-refractivity contribution < 1.29 is 27.9 Å². The molecule has 1 aliphatic rings. The fraction of sp³-hybridized carbons (Fsp3) is 0.273. The lowest BCUT2D eigenvalue weighted by Gasteiger charge is -2.18. The Kier molecular flexibility index (Phi) is 4.12. The molecular weight excluding hydrogens is 311 g/mol. The number of rotatable bonds is 3. The van der Waals surface area contributed by atoms with Gasteiger partial charge in [-0.25, -0.2) is 4.79 Å². The third kappa shape index (κ3) is 3.28. The smallest absolute Gasteiger partial charge is 0.416 e. The van der Waals surface area contributed by atoms with E-state index in [2.05, 4.69) is 11.0 Å². The van der Waals surface area contributed by atoms with Crippen LogP contribution in [0.25, 0.3) is 0 Å². The quantitative estimate of drug-likeness (QED) is 0.735. The first-order chi connectivity index (χ1) is 9.70. The number of hydrogen-bond acceptors (Lipinski definition) is 5. The molecule has 21 heavy (non-hydrogen) atoms. The van der Waals surface area contributed by atoms with Gasteiger partial charge in [-0.15, -0.1) is 0 Å². The Morgan fingerprint density at radius 3 is 2.57 bits per heavy atom. The summed E-state index contributed by atoms with van der Waals surface area (Å²) >= 11 is 0.706. The first-order valence-electron chi connectivity index (χ1n) is 5.67. The average molecular weight is 321 g/mol. The summed E-state index contributed by atoms with van der Waals surface area (Å²) in [6.45, 7) is 1.52. The van der Waals surface area contributed by atoms with Crippen LogP contribution in [-0.2, 0) is 11.0 Å². The largest absolute Gasteiger partial charge is 0.478 e. The van der Waals surface area contributed by atoms with E-state index in [0.29, 0.717) is 18.0 Å². The molecule has 3 N–H and O–H groups in total. The molecule has 1 amide bonds. The Labute approximate surface area is 121 Å². The number of benzene rings is 1. The van der Waals surface area contributed by atoms with Gasteiger partial charge in [0.2, 0.25) is 0 Å². The lowest BCUT2D eigenvalue weighted by molar-refractivity contribution is -0.137. The van der Waals surface area contributed by atoms with Gasteiger partial charge in [-0.3, -0.25) is 10.2 Å². The molecule has 0 aromatic heterocycles. The molecule has 1 saturated heterocycles. The normalized spacial score (nSPS) is 19.6. The number of aromatic carboxylic acids is 1. The Morgan fingerprint density at radius 1 is 1.43 bits per heavy atom. The minimum atomic E-state index is -4.58. The van der Waals surface area contributed by atoms with Crippen LogP contribution in [0.15, 0.2) is 23.1 Å². The van der Waals surface area contributed by atoms with Crippen LogP contribution in [-0.4, -0.2) is 27.4 Å². The Hall–Kier alpha value is -1.78. The second-order valence-corrected chi connectivity index (χ2v) is 5.22. The zero-order chi connectivity index (χ0) is 15.8. The van der Waals surface area contributed by atoms with Gasteiger partial charge in [0.15, 0.2) is 0 Å². The number of nitrogens with one attached hydrogen (secondary N) is 2. The Balaban J connectivity index is 2.35. The molecule has 1 aromatic rings. The van der Waals surface area contributed by atoms with Gasteiger partial charge in [-0.2, -0.15) is 23.1 Å². The summed E-state index contributed by atoms with van der Waals surface area (Å²) in [4.78, 5) is 22.3. The molecule has 114 valence electrons. The summed E-state index contributed by atoms with van der Waals surface area (Å²) in [5, 5.41) is 9.04. The van der Waals surface area contributed by atoms with Gasteiger partial charge in [-0.1, -0.05) is 0 Å². The van der Waals surface area contributed by atoms with Crippen molar-refractivity contribution in [3.05, 3.63) is 29.3 Å². The van der Waals surface area contributed by atoms with Crippen LogP contribution < -0.4 is 11.0 Å². The maximum Gasteiger partial charge on any atom is 0.416 e. The zero-order valence-electron chi connectivity index (χ0n) is 10.6. The van der Waals surface area contributed by atoms with Crippen molar-refractivity contribution in [3.8, 4) is 0 Å². The molecule has 0 radical (unpaired) electrons. The second kappa shape index (κ2) is 5.54. The van der Waals surface area contributed by atoms with Crippen molar-refractivity contribution in [3.63, 3.8) is 0 Å². The Bertz CT molecular complexity index is 594. The molecular formula is C11H10F3N3O3S. The van der Waals surface area contributed by atoms with Crippen molar-refractivity contribution in [2.24, 2.45) is 0 Å². The van der Waals surface area contributed by atoms with E-state index in [1.54, 1.807) is 0 Å². The third-order valence-corrected chi connectivity index (χ3v) is 3.90. The number of nitrogens with zero attached hydrogens (tertiary/aromatic N) is 1. The van der Waals surface area contributed by atoms with Gasteiger partial charge in [-0.05, 0) is 37.1 Å². The van der Waals surface area contributed by atoms with Gasteiger partial charge >= 0.3 is 12.1 Å². The highest BCUT2D eigenvalue weighted by molar-refractivity contribution is 7.97. The summed E-state index contributed by atoms with van der Waals surface area (Å²) in [5.74, 6) is -1.72. The number of alkyl halides is 3. The summed E-state index contributed by atoms with van der Waals surface area (Å²) in [5.41, 5.74) is 3.50. The number of carboxylic acids is 1. The number of carbonyl (C=O) groups is 2. The third-order valence-electron chi connectivity index (χ3n) is 2.76. The molecule has 6 nitrogen and oxygen atoms in total. The van der Waals surface area contributed by atoms with E-state index in [1.807, 2.05) is 0 Å². The molecule has 1 heterocycles. The van der Waals surface area contributed by atoms with E-state index in [0.717, 1.165) is 12.1 Å². The predicted molar refractivity (Wildman–Crippen MR) is 66.8 cm³/mol. The van der Waals surface area contributed by atoms with Crippen molar-refractivity contribution >= 4 is 23.8 Å². The topological polar surface area (TPSA) is 81.7 Å². The van der Waals surface area contributed by atoms with Crippen LogP contribution in [0, 0.1) is 0 Å². The van der Waals surface area contributed by atoms with Crippen LogP contribution in [0.5, 0.6) is 0 Å². The predicted octanol–water partition coefficient (Wildman–Crippen LogP) is 1.65. The van der Waals surface area contributed by atoms with Crippen LogP contribution in [0.2, 0.25) is 0 Å². The average Bonchev–Trinajstić information content (AvgIpc) is 2.69. The molecule has 0 saturated carbocycles. The fourth-order valence-corrected chi connectivity index (χ4v) is 2.57. The molecule has 1 aromatic carbocycles. The first kappa shape index (κ1) is 15.6. The minimum Gasteiger partial charge on any atom is -0.478 e. The highest BCUT2D eigenvalue weighted by Crippen LogP contribution is 2.35. The number of hydrazine groups is 2. The zero-order valence-corrected chi connectivity index (χ0v) is 11.4. The molecule has 1 fully saturated rings. The van der Waals surface area contributed by atoms with Crippen LogP contribution in [0.4, 0.5) is 13.2 Å². The molecule has 0 bridgehead atoms. The van der Waals surface area contributed by atoms with Gasteiger partial charge in [0.25, 0.3) is 5.91 Å². The fourth-order valence-electron chi connectivity index (χ4n) is 1.58. The number of amides is 1. The SMILES string of the molecule is CC1C(=O)NNN1Sc1cc(C(F)(F)F)ccc1C(=O)O. The molecule has 0 aliphatic carbocycles. The van der Waals surface area contributed by atoms with Crippen LogP contribution in [0.1, 0.15) is 22.8 Å². The van der Waals surface area contributed by atoms with E-state index < -0.39 is 23.8 Å². The standard InChI is InChI=1S/C11H10F3N3O3S/c1-5-9(18)15-16-17(5)21-8-4-6(11(12,13)14)2-3-7(8)10(19)20/h2-5,16H,1H3,(H,15,18)(H,19,20). The summed E-state index contributed by atoms with van der Waals surface area (Å²) in [6, 6.07) is 1.68. The van der Waals surface area contributed by atoms with E-state index in [9.17, 15) is 22.8 Å². The monoisotopic (exact) mass is 321 g/mol.